The van der Waals surface area contributed by atoms with Crippen LogP contribution in [0.1, 0.15) is 5.56 Å². The third kappa shape index (κ3) is 1.40. The van der Waals surface area contributed by atoms with Gasteiger partial charge in [-0.2, -0.15) is 0 Å². The molecule has 0 amide bonds. The van der Waals surface area contributed by atoms with Gasteiger partial charge in [-0.05, 0) is 40.8 Å². The molecule has 0 saturated heterocycles. The zero-order valence-corrected chi connectivity index (χ0v) is 8.04. The van der Waals surface area contributed by atoms with E-state index in [-0.39, 0.29) is 0 Å². The number of hydrogen-bond donors (Lipinski definition) is 0. The summed E-state index contributed by atoms with van der Waals surface area (Å²) in [6.45, 7) is 0.701. The molecule has 0 saturated carbocycles. The highest BCUT2D eigenvalue weighted by atomic mass is 127. The molecule has 11 heavy (non-hydrogen) atoms. The van der Waals surface area contributed by atoms with Gasteiger partial charge in [-0.25, -0.2) is 0 Å². The first kappa shape index (κ1) is 7.16. The lowest BCUT2D eigenvalue weighted by Gasteiger charge is -2.11. The Morgan fingerprint density at radius 2 is 2.27 bits per heavy atom. The van der Waals surface area contributed by atoms with Crippen LogP contribution in [0.25, 0.3) is 6.08 Å². The van der Waals surface area contributed by atoms with Crippen LogP contribution in [0, 0.1) is 3.57 Å². The van der Waals surface area contributed by atoms with Crippen LogP contribution in [-0.2, 0) is 0 Å². The Morgan fingerprint density at radius 3 is 3.18 bits per heavy atom. The molecule has 0 unspecified atom stereocenters. The van der Waals surface area contributed by atoms with E-state index in [2.05, 4.69) is 46.9 Å². The van der Waals surface area contributed by atoms with Crippen LogP contribution in [0.5, 0.6) is 5.75 Å². The zero-order valence-electron chi connectivity index (χ0n) is 5.88. The number of benzene rings is 1. The highest BCUT2D eigenvalue weighted by Gasteiger charge is 2.03. The molecule has 0 aliphatic carbocycles. The van der Waals surface area contributed by atoms with E-state index in [9.17, 15) is 0 Å². The predicted molar refractivity (Wildman–Crippen MR) is 53.7 cm³/mol. The molecular weight excluding hydrogens is 251 g/mol. The summed E-state index contributed by atoms with van der Waals surface area (Å²) in [7, 11) is 0. The van der Waals surface area contributed by atoms with Crippen molar-refractivity contribution in [1.29, 1.82) is 0 Å². The lowest BCUT2D eigenvalue weighted by Crippen LogP contribution is -1.99. The Hall–Kier alpha value is -0.510. The van der Waals surface area contributed by atoms with Gasteiger partial charge in [0.25, 0.3) is 0 Å². The van der Waals surface area contributed by atoms with Crippen LogP contribution in [0.2, 0.25) is 0 Å². The first-order valence-corrected chi connectivity index (χ1v) is 4.53. The molecule has 2 rings (SSSR count). The molecule has 56 valence electrons. The number of rotatable bonds is 0. The van der Waals surface area contributed by atoms with Crippen molar-refractivity contribution in [3.8, 4) is 5.75 Å². The van der Waals surface area contributed by atoms with Crippen molar-refractivity contribution in [2.75, 3.05) is 6.61 Å². The van der Waals surface area contributed by atoms with E-state index in [1.807, 2.05) is 6.08 Å². The second-order valence-electron chi connectivity index (χ2n) is 2.40. The monoisotopic (exact) mass is 258 g/mol. The number of ether oxygens (including phenoxy) is 1. The van der Waals surface area contributed by atoms with E-state index < -0.39 is 0 Å². The van der Waals surface area contributed by atoms with Gasteiger partial charge in [0.2, 0.25) is 0 Å². The second-order valence-corrected chi connectivity index (χ2v) is 3.64. The summed E-state index contributed by atoms with van der Waals surface area (Å²) in [6.07, 6.45) is 4.12. The number of hydrogen-bond acceptors (Lipinski definition) is 1. The van der Waals surface area contributed by atoms with Crippen LogP contribution in [0.15, 0.2) is 24.3 Å². The summed E-state index contributed by atoms with van der Waals surface area (Å²) in [4.78, 5) is 0. The van der Waals surface area contributed by atoms with E-state index in [4.69, 9.17) is 4.74 Å². The summed E-state index contributed by atoms with van der Waals surface area (Å²) < 4.78 is 6.63. The first-order chi connectivity index (χ1) is 5.36. The summed E-state index contributed by atoms with van der Waals surface area (Å²) >= 11 is 2.28. The van der Waals surface area contributed by atoms with Gasteiger partial charge >= 0.3 is 0 Å². The molecule has 1 aromatic carbocycles. The van der Waals surface area contributed by atoms with Gasteiger partial charge in [0, 0.05) is 9.13 Å². The zero-order chi connectivity index (χ0) is 7.68. The molecule has 1 heterocycles. The summed E-state index contributed by atoms with van der Waals surface area (Å²) in [6, 6.07) is 6.21. The lowest BCUT2D eigenvalue weighted by molar-refractivity contribution is 0.358. The first-order valence-electron chi connectivity index (χ1n) is 3.45. The van der Waals surface area contributed by atoms with Crippen molar-refractivity contribution in [1.82, 2.24) is 0 Å². The Balaban J connectivity index is 2.53. The van der Waals surface area contributed by atoms with Crippen molar-refractivity contribution < 1.29 is 4.74 Å². The standard InChI is InChI=1S/C9H7IO/c10-8-4-3-7-2-1-5-11-9(7)6-8/h1-4,6H,5H2. The lowest BCUT2D eigenvalue weighted by atomic mass is 10.1. The molecule has 0 radical (unpaired) electrons. The van der Waals surface area contributed by atoms with E-state index >= 15 is 0 Å². The Kier molecular flexibility index (Phi) is 1.85. The fourth-order valence-corrected chi connectivity index (χ4v) is 1.55. The highest BCUT2D eigenvalue weighted by molar-refractivity contribution is 14.1. The second kappa shape index (κ2) is 2.85. The summed E-state index contributed by atoms with van der Waals surface area (Å²) in [5.74, 6) is 0.999. The minimum Gasteiger partial charge on any atom is -0.489 e. The molecule has 1 aliphatic heterocycles. The Labute approximate surface area is 79.2 Å². The van der Waals surface area contributed by atoms with Crippen LogP contribution < -0.4 is 4.74 Å². The van der Waals surface area contributed by atoms with Gasteiger partial charge in [0.1, 0.15) is 12.4 Å². The third-order valence-corrected chi connectivity index (χ3v) is 2.28. The minimum atomic E-state index is 0.701. The molecule has 1 aliphatic rings. The van der Waals surface area contributed by atoms with Crippen molar-refractivity contribution >= 4 is 28.7 Å². The maximum atomic E-state index is 5.41. The fraction of sp³-hybridized carbons (Fsp3) is 0.111. The average molecular weight is 258 g/mol. The summed E-state index contributed by atoms with van der Waals surface area (Å²) in [5, 5.41) is 0. The molecule has 1 aromatic rings. The van der Waals surface area contributed by atoms with E-state index in [1.165, 1.54) is 9.13 Å². The van der Waals surface area contributed by atoms with Crippen LogP contribution >= 0.6 is 22.6 Å². The summed E-state index contributed by atoms with van der Waals surface area (Å²) in [5.41, 5.74) is 1.18. The molecule has 2 heteroatoms. The molecule has 0 bridgehead atoms. The SMILES string of the molecule is Ic1ccc2c(c1)OCC=C2. The van der Waals surface area contributed by atoms with Crippen molar-refractivity contribution in [2.24, 2.45) is 0 Å². The maximum absolute atomic E-state index is 5.41. The van der Waals surface area contributed by atoms with Gasteiger partial charge in [-0.1, -0.05) is 12.1 Å². The van der Waals surface area contributed by atoms with Crippen molar-refractivity contribution in [3.63, 3.8) is 0 Å². The third-order valence-electron chi connectivity index (χ3n) is 1.61. The maximum Gasteiger partial charge on any atom is 0.128 e. The Bertz CT molecular complexity index is 304. The van der Waals surface area contributed by atoms with Crippen LogP contribution in [0.3, 0.4) is 0 Å². The molecule has 0 spiro atoms. The Morgan fingerprint density at radius 1 is 1.36 bits per heavy atom. The molecule has 0 fully saturated rings. The molecule has 0 atom stereocenters. The number of halogens is 1. The smallest absolute Gasteiger partial charge is 0.128 e. The van der Waals surface area contributed by atoms with Gasteiger partial charge in [0.15, 0.2) is 0 Å². The van der Waals surface area contributed by atoms with Crippen molar-refractivity contribution in [2.45, 2.75) is 0 Å². The van der Waals surface area contributed by atoms with E-state index in [1.54, 1.807) is 0 Å². The number of fused-ring (bicyclic) bond motifs is 1. The highest BCUT2D eigenvalue weighted by Crippen LogP contribution is 2.25. The fourth-order valence-electron chi connectivity index (χ4n) is 1.08. The van der Waals surface area contributed by atoms with E-state index in [0.717, 1.165) is 5.75 Å². The van der Waals surface area contributed by atoms with E-state index in [0.29, 0.717) is 6.61 Å². The van der Waals surface area contributed by atoms with Gasteiger partial charge < -0.3 is 4.74 Å². The molecular formula is C9H7IO. The quantitative estimate of drug-likeness (QED) is 0.650. The molecule has 1 nitrogen and oxygen atoms in total. The van der Waals surface area contributed by atoms with Crippen LogP contribution in [-0.4, -0.2) is 6.61 Å². The minimum absolute atomic E-state index is 0.701. The predicted octanol–water partition coefficient (Wildman–Crippen LogP) is 2.70. The topological polar surface area (TPSA) is 9.23 Å². The molecule has 0 N–H and O–H groups in total. The van der Waals surface area contributed by atoms with Crippen molar-refractivity contribution in [3.05, 3.63) is 33.4 Å². The normalized spacial score (nSPS) is 13.9. The van der Waals surface area contributed by atoms with Gasteiger partial charge in [0.05, 0.1) is 0 Å². The van der Waals surface area contributed by atoms with Gasteiger partial charge in [-0.15, -0.1) is 0 Å². The van der Waals surface area contributed by atoms with Gasteiger partial charge in [-0.3, -0.25) is 0 Å². The average Bonchev–Trinajstić information content (AvgIpc) is 2.04. The van der Waals surface area contributed by atoms with Crippen LogP contribution in [0.4, 0.5) is 0 Å². The molecule has 0 aromatic heterocycles. The largest absolute Gasteiger partial charge is 0.489 e.